The van der Waals surface area contributed by atoms with Gasteiger partial charge >= 0.3 is 0 Å². The zero-order valence-electron chi connectivity index (χ0n) is 9.40. The van der Waals surface area contributed by atoms with Crippen LogP contribution in [0, 0.1) is 6.92 Å². The molecule has 1 aliphatic rings. The zero-order valence-corrected chi connectivity index (χ0v) is 10.2. The van der Waals surface area contributed by atoms with Crippen molar-refractivity contribution in [3.8, 4) is 0 Å². The summed E-state index contributed by atoms with van der Waals surface area (Å²) in [7, 11) is 1.76. The molecular weight excluding hydrogens is 228 g/mol. The van der Waals surface area contributed by atoms with Crippen molar-refractivity contribution in [3.05, 3.63) is 28.2 Å². The monoisotopic (exact) mass is 242 g/mol. The van der Waals surface area contributed by atoms with Crippen molar-refractivity contribution in [2.24, 2.45) is 7.05 Å². The zero-order chi connectivity index (χ0) is 11.7. The number of aliphatic hydroxyl groups is 1. The molecule has 0 spiro atoms. The van der Waals surface area contributed by atoms with E-state index in [4.69, 9.17) is 16.3 Å². The number of aromatic nitrogens is 2. The molecule has 0 aromatic carbocycles. The van der Waals surface area contributed by atoms with Crippen molar-refractivity contribution < 1.29 is 9.84 Å². The van der Waals surface area contributed by atoms with Crippen molar-refractivity contribution in [3.63, 3.8) is 0 Å². The van der Waals surface area contributed by atoms with Gasteiger partial charge in [0.25, 0.3) is 0 Å². The molecule has 0 amide bonds. The van der Waals surface area contributed by atoms with Gasteiger partial charge in [0.2, 0.25) is 0 Å². The minimum absolute atomic E-state index is 0.483. The standard InChI is InChI=1S/C11H15ClN2O2/c1-7-9(11(12)14(2)13-7)10(15)8-4-3-5-16-6-8/h6,10,15H,3-5H2,1-2H3. The van der Waals surface area contributed by atoms with E-state index in [1.165, 1.54) is 0 Å². The number of hydrogen-bond donors (Lipinski definition) is 1. The van der Waals surface area contributed by atoms with Gasteiger partial charge in [-0.05, 0) is 25.3 Å². The third kappa shape index (κ3) is 1.95. The second kappa shape index (κ2) is 4.47. The fourth-order valence-electron chi connectivity index (χ4n) is 1.93. The number of nitrogens with zero attached hydrogens (tertiary/aromatic N) is 2. The predicted molar refractivity (Wildman–Crippen MR) is 61.2 cm³/mol. The van der Waals surface area contributed by atoms with E-state index in [9.17, 15) is 5.11 Å². The van der Waals surface area contributed by atoms with Gasteiger partial charge < -0.3 is 9.84 Å². The summed E-state index contributed by atoms with van der Waals surface area (Å²) >= 11 is 6.10. The molecule has 16 heavy (non-hydrogen) atoms. The van der Waals surface area contributed by atoms with E-state index < -0.39 is 6.10 Å². The molecule has 0 radical (unpaired) electrons. The molecule has 2 rings (SSSR count). The first-order valence-electron chi connectivity index (χ1n) is 5.29. The molecule has 1 atom stereocenters. The van der Waals surface area contributed by atoms with Crippen molar-refractivity contribution in [2.45, 2.75) is 25.9 Å². The van der Waals surface area contributed by atoms with E-state index >= 15 is 0 Å². The normalized spacial score (nSPS) is 17.9. The molecule has 0 bridgehead atoms. The van der Waals surface area contributed by atoms with E-state index in [0.717, 1.165) is 30.7 Å². The summed E-state index contributed by atoms with van der Waals surface area (Å²) in [5, 5.41) is 14.9. The Morgan fingerprint density at radius 2 is 2.38 bits per heavy atom. The highest BCUT2D eigenvalue weighted by atomic mass is 35.5. The first kappa shape index (κ1) is 11.5. The molecule has 1 unspecified atom stereocenters. The van der Waals surface area contributed by atoms with Crippen LogP contribution in [0.2, 0.25) is 5.15 Å². The van der Waals surface area contributed by atoms with Crippen LogP contribution in [0.15, 0.2) is 11.8 Å². The van der Waals surface area contributed by atoms with Crippen molar-refractivity contribution in [1.82, 2.24) is 9.78 Å². The van der Waals surface area contributed by atoms with Gasteiger partial charge in [-0.2, -0.15) is 5.10 Å². The number of ether oxygens (including phenoxy) is 1. The lowest BCUT2D eigenvalue weighted by Gasteiger charge is -2.18. The Labute approximate surface area is 99.5 Å². The molecule has 0 aliphatic carbocycles. The number of aliphatic hydroxyl groups excluding tert-OH is 1. The summed E-state index contributed by atoms with van der Waals surface area (Å²) < 4.78 is 6.79. The first-order valence-corrected chi connectivity index (χ1v) is 5.66. The van der Waals surface area contributed by atoms with Crippen LogP contribution in [0.4, 0.5) is 0 Å². The number of halogens is 1. The molecule has 0 saturated carbocycles. The Morgan fingerprint density at radius 1 is 1.62 bits per heavy atom. The van der Waals surface area contributed by atoms with Gasteiger partial charge in [0, 0.05) is 12.6 Å². The molecule has 1 aromatic heterocycles. The maximum Gasteiger partial charge on any atom is 0.133 e. The highest BCUT2D eigenvalue weighted by Gasteiger charge is 2.23. The Kier molecular flexibility index (Phi) is 3.21. The van der Waals surface area contributed by atoms with Crippen LogP contribution in [0.3, 0.4) is 0 Å². The molecule has 0 saturated heterocycles. The molecular formula is C11H15ClN2O2. The van der Waals surface area contributed by atoms with Crippen LogP contribution in [0.5, 0.6) is 0 Å². The van der Waals surface area contributed by atoms with E-state index in [-0.39, 0.29) is 0 Å². The fraction of sp³-hybridized carbons (Fsp3) is 0.545. The third-order valence-electron chi connectivity index (χ3n) is 2.78. The van der Waals surface area contributed by atoms with Crippen molar-refractivity contribution in [2.75, 3.05) is 6.61 Å². The summed E-state index contributed by atoms with van der Waals surface area (Å²) in [5.41, 5.74) is 2.30. The molecule has 2 heterocycles. The lowest BCUT2D eigenvalue weighted by atomic mass is 9.99. The van der Waals surface area contributed by atoms with Gasteiger partial charge in [0.15, 0.2) is 0 Å². The number of aryl methyl sites for hydroxylation is 2. The molecule has 1 aromatic rings. The summed E-state index contributed by atoms with van der Waals surface area (Å²) in [5.74, 6) is 0. The first-order chi connectivity index (χ1) is 7.61. The van der Waals surface area contributed by atoms with E-state index in [1.807, 2.05) is 6.92 Å². The van der Waals surface area contributed by atoms with Gasteiger partial charge in [-0.1, -0.05) is 11.6 Å². The number of hydrogen-bond acceptors (Lipinski definition) is 3. The highest BCUT2D eigenvalue weighted by Crippen LogP contribution is 2.33. The van der Waals surface area contributed by atoms with Gasteiger partial charge in [-0.15, -0.1) is 0 Å². The lowest BCUT2D eigenvalue weighted by Crippen LogP contribution is -2.08. The maximum absolute atomic E-state index is 10.2. The van der Waals surface area contributed by atoms with E-state index in [2.05, 4.69) is 5.10 Å². The fourth-order valence-corrected chi connectivity index (χ4v) is 2.21. The average Bonchev–Trinajstić information content (AvgIpc) is 2.54. The largest absolute Gasteiger partial charge is 0.501 e. The van der Waals surface area contributed by atoms with Gasteiger partial charge in [-0.25, -0.2) is 0 Å². The van der Waals surface area contributed by atoms with Crippen LogP contribution >= 0.6 is 11.6 Å². The Bertz CT molecular complexity index is 426. The van der Waals surface area contributed by atoms with Crippen LogP contribution < -0.4 is 0 Å². The number of rotatable bonds is 2. The molecule has 4 nitrogen and oxygen atoms in total. The average molecular weight is 243 g/mol. The summed E-state index contributed by atoms with van der Waals surface area (Å²) in [4.78, 5) is 0. The molecule has 0 fully saturated rings. The Balaban J connectivity index is 2.32. The van der Waals surface area contributed by atoms with Crippen LogP contribution in [0.25, 0.3) is 0 Å². The SMILES string of the molecule is Cc1nn(C)c(Cl)c1C(O)C1=COCCC1. The molecule has 1 N–H and O–H groups in total. The van der Waals surface area contributed by atoms with Gasteiger partial charge in [-0.3, -0.25) is 4.68 Å². The van der Waals surface area contributed by atoms with Crippen molar-refractivity contribution in [1.29, 1.82) is 0 Å². The molecule has 88 valence electrons. The topological polar surface area (TPSA) is 47.3 Å². The summed E-state index contributed by atoms with van der Waals surface area (Å²) in [6, 6.07) is 0. The van der Waals surface area contributed by atoms with Crippen LogP contribution in [-0.2, 0) is 11.8 Å². The Morgan fingerprint density at radius 3 is 2.88 bits per heavy atom. The van der Waals surface area contributed by atoms with E-state index in [1.54, 1.807) is 18.0 Å². The minimum Gasteiger partial charge on any atom is -0.501 e. The molecule has 1 aliphatic heterocycles. The van der Waals surface area contributed by atoms with E-state index in [0.29, 0.717) is 10.7 Å². The smallest absolute Gasteiger partial charge is 0.133 e. The van der Waals surface area contributed by atoms with Crippen LogP contribution in [-0.4, -0.2) is 21.5 Å². The lowest BCUT2D eigenvalue weighted by molar-refractivity contribution is 0.170. The minimum atomic E-state index is -0.707. The molecule has 5 heteroatoms. The highest BCUT2D eigenvalue weighted by molar-refractivity contribution is 6.30. The second-order valence-electron chi connectivity index (χ2n) is 3.98. The maximum atomic E-state index is 10.2. The van der Waals surface area contributed by atoms with Gasteiger partial charge in [0.05, 0.1) is 18.6 Å². The Hall–Kier alpha value is -1.00. The second-order valence-corrected chi connectivity index (χ2v) is 4.34. The summed E-state index contributed by atoms with van der Waals surface area (Å²) in [6.07, 6.45) is 2.70. The van der Waals surface area contributed by atoms with Crippen LogP contribution in [0.1, 0.15) is 30.2 Å². The van der Waals surface area contributed by atoms with Crippen molar-refractivity contribution >= 4 is 11.6 Å². The van der Waals surface area contributed by atoms with Gasteiger partial charge in [0.1, 0.15) is 11.3 Å². The summed E-state index contributed by atoms with van der Waals surface area (Å²) in [6.45, 7) is 2.56. The third-order valence-corrected chi connectivity index (χ3v) is 3.23. The predicted octanol–water partition coefficient (Wildman–Crippen LogP) is 2.11. The quantitative estimate of drug-likeness (QED) is 0.864.